The summed E-state index contributed by atoms with van der Waals surface area (Å²) in [7, 11) is 0. The predicted octanol–water partition coefficient (Wildman–Crippen LogP) is 5.08. The molecule has 1 N–H and O–H groups in total. The minimum Gasteiger partial charge on any atom is -0.360 e. The van der Waals surface area contributed by atoms with E-state index in [1.54, 1.807) is 11.8 Å². The first kappa shape index (κ1) is 10.9. The summed E-state index contributed by atoms with van der Waals surface area (Å²) < 4.78 is 1.11. The number of aromatic nitrogens is 1. The maximum atomic E-state index is 3.45. The molecule has 17 heavy (non-hydrogen) atoms. The molecule has 0 amide bonds. The average Bonchev–Trinajstić information content (AvgIpc) is 2.76. The normalized spacial score (nSPS) is 10.9. The number of aromatic amines is 1. The lowest BCUT2D eigenvalue weighted by atomic mass is 10.2. The van der Waals surface area contributed by atoms with E-state index < -0.39 is 0 Å². The maximum absolute atomic E-state index is 3.45. The zero-order valence-electron chi connectivity index (χ0n) is 8.98. The molecule has 84 valence electrons. The van der Waals surface area contributed by atoms with Gasteiger partial charge in [0.1, 0.15) is 0 Å². The van der Waals surface area contributed by atoms with E-state index in [9.17, 15) is 0 Å². The first-order valence-electron chi connectivity index (χ1n) is 5.32. The zero-order chi connectivity index (χ0) is 11.7. The quantitative estimate of drug-likeness (QED) is 0.698. The number of benzene rings is 2. The van der Waals surface area contributed by atoms with Crippen LogP contribution in [0.25, 0.3) is 10.9 Å². The Morgan fingerprint density at radius 2 is 1.71 bits per heavy atom. The number of para-hydroxylation sites is 1. The van der Waals surface area contributed by atoms with Crippen molar-refractivity contribution < 1.29 is 0 Å². The lowest BCUT2D eigenvalue weighted by molar-refractivity contribution is 1.39. The summed E-state index contributed by atoms with van der Waals surface area (Å²) >= 11 is 5.23. The van der Waals surface area contributed by atoms with E-state index in [2.05, 4.69) is 69.6 Å². The number of hydrogen-bond acceptors (Lipinski definition) is 1. The van der Waals surface area contributed by atoms with Crippen molar-refractivity contribution in [3.8, 4) is 0 Å². The third-order valence-electron chi connectivity index (χ3n) is 2.59. The second kappa shape index (κ2) is 4.59. The number of rotatable bonds is 2. The number of fused-ring (bicyclic) bond motifs is 1. The van der Waals surface area contributed by atoms with E-state index in [1.807, 2.05) is 6.07 Å². The molecule has 1 aromatic heterocycles. The Morgan fingerprint density at radius 1 is 0.941 bits per heavy atom. The Kier molecular flexibility index (Phi) is 2.95. The molecule has 0 aliphatic carbocycles. The molecule has 0 saturated heterocycles. The molecule has 3 heteroatoms. The van der Waals surface area contributed by atoms with E-state index >= 15 is 0 Å². The molecule has 3 rings (SSSR count). The largest absolute Gasteiger partial charge is 0.360 e. The van der Waals surface area contributed by atoms with Crippen LogP contribution in [-0.2, 0) is 0 Å². The Morgan fingerprint density at radius 3 is 2.53 bits per heavy atom. The van der Waals surface area contributed by atoms with Crippen molar-refractivity contribution in [1.82, 2.24) is 4.98 Å². The molecule has 0 aliphatic rings. The Hall–Kier alpha value is -1.19. The van der Waals surface area contributed by atoms with Crippen LogP contribution in [0.4, 0.5) is 0 Å². The summed E-state index contributed by atoms with van der Waals surface area (Å²) in [6.45, 7) is 0. The standard InChI is InChI=1S/C14H10BrNS/c15-10-5-7-11(8-6-10)17-14-9-16-13-4-2-1-3-12(13)14/h1-9,16H. The molecular formula is C14H10BrNS. The molecule has 0 saturated carbocycles. The summed E-state index contributed by atoms with van der Waals surface area (Å²) in [6, 6.07) is 16.7. The molecule has 1 heterocycles. The zero-order valence-corrected chi connectivity index (χ0v) is 11.4. The average molecular weight is 304 g/mol. The highest BCUT2D eigenvalue weighted by atomic mass is 79.9. The molecule has 0 atom stereocenters. The molecule has 3 aromatic rings. The van der Waals surface area contributed by atoms with Gasteiger partial charge in [-0.25, -0.2) is 0 Å². The predicted molar refractivity (Wildman–Crippen MR) is 76.6 cm³/mol. The molecule has 0 spiro atoms. The van der Waals surface area contributed by atoms with Gasteiger partial charge in [0.2, 0.25) is 0 Å². The summed E-state index contributed by atoms with van der Waals surface area (Å²) in [5, 5.41) is 1.28. The Labute approximate surface area is 112 Å². The van der Waals surface area contributed by atoms with Gasteiger partial charge in [0.05, 0.1) is 0 Å². The van der Waals surface area contributed by atoms with Crippen LogP contribution in [0.1, 0.15) is 0 Å². The lowest BCUT2D eigenvalue weighted by Gasteiger charge is -2.00. The van der Waals surface area contributed by atoms with Gasteiger partial charge in [0.15, 0.2) is 0 Å². The number of nitrogens with one attached hydrogen (secondary N) is 1. The molecule has 1 nitrogen and oxygen atoms in total. The SMILES string of the molecule is Brc1ccc(Sc2c[nH]c3ccccc23)cc1. The van der Waals surface area contributed by atoms with Crippen LogP contribution >= 0.6 is 27.7 Å². The summed E-state index contributed by atoms with van der Waals surface area (Å²) in [6.07, 6.45) is 2.07. The fraction of sp³-hybridized carbons (Fsp3) is 0. The second-order valence-corrected chi connectivity index (χ2v) is 5.79. The lowest BCUT2D eigenvalue weighted by Crippen LogP contribution is -1.71. The highest BCUT2D eigenvalue weighted by molar-refractivity contribution is 9.10. The highest BCUT2D eigenvalue weighted by Gasteiger charge is 2.04. The van der Waals surface area contributed by atoms with Gasteiger partial charge in [-0.2, -0.15) is 0 Å². The number of H-pyrrole nitrogens is 1. The van der Waals surface area contributed by atoms with Gasteiger partial charge < -0.3 is 4.98 Å². The minimum absolute atomic E-state index is 1.11. The molecule has 2 aromatic carbocycles. The minimum atomic E-state index is 1.11. The van der Waals surface area contributed by atoms with Crippen molar-refractivity contribution in [1.29, 1.82) is 0 Å². The van der Waals surface area contributed by atoms with Crippen molar-refractivity contribution in [3.63, 3.8) is 0 Å². The van der Waals surface area contributed by atoms with Gasteiger partial charge in [0, 0.05) is 31.4 Å². The van der Waals surface area contributed by atoms with Crippen LogP contribution in [0.3, 0.4) is 0 Å². The Bertz CT molecular complexity index is 643. The van der Waals surface area contributed by atoms with Gasteiger partial charge in [-0.05, 0) is 30.3 Å². The molecule has 0 radical (unpaired) electrons. The maximum Gasteiger partial charge on any atom is 0.0465 e. The second-order valence-electron chi connectivity index (χ2n) is 3.75. The summed E-state index contributed by atoms with van der Waals surface area (Å²) in [4.78, 5) is 5.80. The van der Waals surface area contributed by atoms with E-state index in [-0.39, 0.29) is 0 Å². The van der Waals surface area contributed by atoms with Crippen molar-refractivity contribution in [3.05, 3.63) is 59.2 Å². The third kappa shape index (κ3) is 2.26. The highest BCUT2D eigenvalue weighted by Crippen LogP contribution is 2.33. The fourth-order valence-corrected chi connectivity index (χ4v) is 2.96. The summed E-state index contributed by atoms with van der Waals surface area (Å²) in [5.74, 6) is 0. The number of halogens is 1. The molecular weight excluding hydrogens is 294 g/mol. The van der Waals surface area contributed by atoms with Gasteiger partial charge in [-0.3, -0.25) is 0 Å². The van der Waals surface area contributed by atoms with Gasteiger partial charge >= 0.3 is 0 Å². The van der Waals surface area contributed by atoms with Crippen LogP contribution in [0.15, 0.2) is 69.0 Å². The van der Waals surface area contributed by atoms with Crippen LogP contribution < -0.4 is 0 Å². The molecule has 0 fully saturated rings. The van der Waals surface area contributed by atoms with Gasteiger partial charge in [-0.1, -0.05) is 45.9 Å². The fourth-order valence-electron chi connectivity index (χ4n) is 1.76. The van der Waals surface area contributed by atoms with E-state index in [0.29, 0.717) is 0 Å². The topological polar surface area (TPSA) is 15.8 Å². The molecule has 0 unspecified atom stereocenters. The van der Waals surface area contributed by atoms with Crippen LogP contribution in [0, 0.1) is 0 Å². The van der Waals surface area contributed by atoms with E-state index in [4.69, 9.17) is 0 Å². The first-order valence-corrected chi connectivity index (χ1v) is 6.93. The van der Waals surface area contributed by atoms with Gasteiger partial charge in [-0.15, -0.1) is 0 Å². The van der Waals surface area contributed by atoms with Crippen molar-refractivity contribution >= 4 is 38.6 Å². The smallest absolute Gasteiger partial charge is 0.0465 e. The molecule has 0 bridgehead atoms. The van der Waals surface area contributed by atoms with Gasteiger partial charge in [0.25, 0.3) is 0 Å². The van der Waals surface area contributed by atoms with Crippen molar-refractivity contribution in [2.75, 3.05) is 0 Å². The van der Waals surface area contributed by atoms with E-state index in [0.717, 1.165) is 4.47 Å². The Balaban J connectivity index is 1.97. The van der Waals surface area contributed by atoms with Crippen LogP contribution in [-0.4, -0.2) is 4.98 Å². The monoisotopic (exact) mass is 303 g/mol. The van der Waals surface area contributed by atoms with Crippen molar-refractivity contribution in [2.24, 2.45) is 0 Å². The van der Waals surface area contributed by atoms with Crippen molar-refractivity contribution in [2.45, 2.75) is 9.79 Å². The van der Waals surface area contributed by atoms with E-state index in [1.165, 1.54) is 20.7 Å². The third-order valence-corrected chi connectivity index (χ3v) is 4.19. The van der Waals surface area contributed by atoms with Crippen LogP contribution in [0.2, 0.25) is 0 Å². The first-order chi connectivity index (χ1) is 8.33. The molecule has 0 aliphatic heterocycles. The number of hydrogen-bond donors (Lipinski definition) is 1. The van der Waals surface area contributed by atoms with Crippen LogP contribution in [0.5, 0.6) is 0 Å². The summed E-state index contributed by atoms with van der Waals surface area (Å²) in [5.41, 5.74) is 1.19.